The highest BCUT2D eigenvalue weighted by Crippen LogP contribution is 2.19. The molecular formula is C11H15FO3. The van der Waals surface area contributed by atoms with Crippen molar-refractivity contribution < 1.29 is 19.3 Å². The third kappa shape index (κ3) is 3.85. The lowest BCUT2D eigenvalue weighted by atomic mass is 10.2. The zero-order valence-corrected chi connectivity index (χ0v) is 8.45. The molecule has 84 valence electrons. The van der Waals surface area contributed by atoms with Crippen molar-refractivity contribution in [1.82, 2.24) is 0 Å². The van der Waals surface area contributed by atoms with E-state index in [9.17, 15) is 4.39 Å². The Bertz CT molecular complexity index is 302. The van der Waals surface area contributed by atoms with Crippen LogP contribution in [0.2, 0.25) is 0 Å². The zero-order valence-electron chi connectivity index (χ0n) is 8.45. The summed E-state index contributed by atoms with van der Waals surface area (Å²) in [6.07, 6.45) is 1.32. The minimum absolute atomic E-state index is 0.114. The molecular weight excluding hydrogens is 199 g/mol. The monoisotopic (exact) mass is 214 g/mol. The largest absolute Gasteiger partial charge is 0.491 e. The molecule has 1 aromatic rings. The third-order valence-corrected chi connectivity index (χ3v) is 1.99. The van der Waals surface area contributed by atoms with Crippen LogP contribution < -0.4 is 4.74 Å². The van der Waals surface area contributed by atoms with Crippen LogP contribution in [0.4, 0.5) is 4.39 Å². The fourth-order valence-electron chi connectivity index (χ4n) is 1.15. The molecule has 1 aromatic carbocycles. The Morgan fingerprint density at radius 3 is 2.67 bits per heavy atom. The Labute approximate surface area is 88.1 Å². The van der Waals surface area contributed by atoms with Crippen LogP contribution >= 0.6 is 0 Å². The van der Waals surface area contributed by atoms with Gasteiger partial charge in [0.25, 0.3) is 0 Å². The summed E-state index contributed by atoms with van der Waals surface area (Å²) in [6.45, 7) is 0.349. The van der Waals surface area contributed by atoms with E-state index in [1.54, 1.807) is 0 Å². The van der Waals surface area contributed by atoms with Gasteiger partial charge in [-0.05, 0) is 30.5 Å². The summed E-state index contributed by atoms with van der Waals surface area (Å²) in [7, 11) is 0. The van der Waals surface area contributed by atoms with Crippen LogP contribution in [0.5, 0.6) is 5.75 Å². The van der Waals surface area contributed by atoms with Crippen LogP contribution in [0.3, 0.4) is 0 Å². The van der Waals surface area contributed by atoms with Gasteiger partial charge in [-0.3, -0.25) is 0 Å². The van der Waals surface area contributed by atoms with Crippen molar-refractivity contribution in [3.8, 4) is 5.75 Å². The van der Waals surface area contributed by atoms with Gasteiger partial charge in [-0.1, -0.05) is 6.07 Å². The number of aliphatic hydroxyl groups excluding tert-OH is 2. The predicted molar refractivity (Wildman–Crippen MR) is 54.1 cm³/mol. The highest BCUT2D eigenvalue weighted by molar-refractivity contribution is 5.29. The number of hydrogen-bond donors (Lipinski definition) is 2. The molecule has 0 bridgehead atoms. The molecule has 2 N–H and O–H groups in total. The van der Waals surface area contributed by atoms with Crippen molar-refractivity contribution in [2.24, 2.45) is 0 Å². The van der Waals surface area contributed by atoms with Gasteiger partial charge in [-0.15, -0.1) is 0 Å². The van der Waals surface area contributed by atoms with Crippen molar-refractivity contribution in [2.75, 3.05) is 13.2 Å². The van der Waals surface area contributed by atoms with E-state index in [4.69, 9.17) is 14.9 Å². The van der Waals surface area contributed by atoms with E-state index >= 15 is 0 Å². The summed E-state index contributed by atoms with van der Waals surface area (Å²) in [5.74, 6) is -0.282. The quantitative estimate of drug-likeness (QED) is 0.705. The number of aliphatic hydroxyl groups is 2. The standard InChI is InChI=1S/C11H15FO3/c12-10-4-3-9(8-14)7-11(10)15-6-2-1-5-13/h3-4,7,13-14H,1-2,5-6,8H2. The first-order valence-electron chi connectivity index (χ1n) is 4.91. The first-order chi connectivity index (χ1) is 7.27. The van der Waals surface area contributed by atoms with Crippen molar-refractivity contribution in [1.29, 1.82) is 0 Å². The van der Waals surface area contributed by atoms with Crippen LogP contribution in [-0.2, 0) is 6.61 Å². The van der Waals surface area contributed by atoms with E-state index in [1.165, 1.54) is 18.2 Å². The molecule has 0 spiro atoms. The predicted octanol–water partition coefficient (Wildman–Crippen LogP) is 1.47. The molecule has 0 amide bonds. The first kappa shape index (κ1) is 11.9. The number of unbranched alkanes of at least 4 members (excludes halogenated alkanes) is 1. The van der Waals surface area contributed by atoms with Crippen LogP contribution in [0.25, 0.3) is 0 Å². The van der Waals surface area contributed by atoms with E-state index in [-0.39, 0.29) is 19.0 Å². The third-order valence-electron chi connectivity index (χ3n) is 1.99. The summed E-state index contributed by atoms with van der Waals surface area (Å²) < 4.78 is 18.3. The number of halogens is 1. The maximum atomic E-state index is 13.2. The van der Waals surface area contributed by atoms with Crippen molar-refractivity contribution in [3.63, 3.8) is 0 Å². The fraction of sp³-hybridized carbons (Fsp3) is 0.455. The van der Waals surface area contributed by atoms with Gasteiger partial charge in [0.2, 0.25) is 0 Å². The molecule has 0 aliphatic heterocycles. The molecule has 0 saturated carbocycles. The zero-order chi connectivity index (χ0) is 11.1. The van der Waals surface area contributed by atoms with Gasteiger partial charge in [0, 0.05) is 6.61 Å². The Morgan fingerprint density at radius 1 is 1.20 bits per heavy atom. The second-order valence-electron chi connectivity index (χ2n) is 3.20. The number of ether oxygens (including phenoxy) is 1. The van der Waals surface area contributed by atoms with Crippen molar-refractivity contribution in [3.05, 3.63) is 29.6 Å². The second kappa shape index (κ2) is 6.37. The summed E-state index contributed by atoms with van der Waals surface area (Å²) in [4.78, 5) is 0. The number of rotatable bonds is 6. The topological polar surface area (TPSA) is 49.7 Å². The van der Waals surface area contributed by atoms with Crippen molar-refractivity contribution in [2.45, 2.75) is 19.4 Å². The molecule has 0 fully saturated rings. The number of benzene rings is 1. The van der Waals surface area contributed by atoms with E-state index in [0.717, 1.165) is 0 Å². The second-order valence-corrected chi connectivity index (χ2v) is 3.20. The van der Waals surface area contributed by atoms with E-state index in [0.29, 0.717) is 25.0 Å². The fourth-order valence-corrected chi connectivity index (χ4v) is 1.15. The highest BCUT2D eigenvalue weighted by atomic mass is 19.1. The van der Waals surface area contributed by atoms with Gasteiger partial charge in [0.1, 0.15) is 0 Å². The molecule has 0 aromatic heterocycles. The van der Waals surface area contributed by atoms with Gasteiger partial charge in [-0.25, -0.2) is 4.39 Å². The van der Waals surface area contributed by atoms with Gasteiger partial charge in [-0.2, -0.15) is 0 Å². The van der Waals surface area contributed by atoms with Gasteiger partial charge in [0.05, 0.1) is 13.2 Å². The van der Waals surface area contributed by atoms with Crippen LogP contribution in [-0.4, -0.2) is 23.4 Å². The summed E-state index contributed by atoms with van der Waals surface area (Å²) in [6, 6.07) is 4.26. The average Bonchev–Trinajstić information content (AvgIpc) is 2.26. The minimum atomic E-state index is -0.434. The lowest BCUT2D eigenvalue weighted by Crippen LogP contribution is -2.01. The minimum Gasteiger partial charge on any atom is -0.491 e. The van der Waals surface area contributed by atoms with Crippen LogP contribution in [0.1, 0.15) is 18.4 Å². The summed E-state index contributed by atoms with van der Waals surface area (Å²) in [5.41, 5.74) is 0.619. The maximum Gasteiger partial charge on any atom is 0.165 e. The maximum absolute atomic E-state index is 13.2. The lowest BCUT2D eigenvalue weighted by Gasteiger charge is -2.07. The normalized spacial score (nSPS) is 10.3. The highest BCUT2D eigenvalue weighted by Gasteiger charge is 2.04. The van der Waals surface area contributed by atoms with E-state index in [2.05, 4.69) is 0 Å². The molecule has 15 heavy (non-hydrogen) atoms. The van der Waals surface area contributed by atoms with Gasteiger partial charge < -0.3 is 14.9 Å². The Kier molecular flexibility index (Phi) is 5.07. The molecule has 0 atom stereocenters. The van der Waals surface area contributed by atoms with E-state index in [1.807, 2.05) is 0 Å². The van der Waals surface area contributed by atoms with Crippen LogP contribution in [0.15, 0.2) is 18.2 Å². The molecule has 0 unspecified atom stereocenters. The molecule has 0 aliphatic rings. The Balaban J connectivity index is 2.51. The molecule has 0 radical (unpaired) electrons. The van der Waals surface area contributed by atoms with Crippen molar-refractivity contribution >= 4 is 0 Å². The summed E-state index contributed by atoms with van der Waals surface area (Å²) in [5, 5.41) is 17.4. The average molecular weight is 214 g/mol. The first-order valence-corrected chi connectivity index (χ1v) is 4.91. The summed E-state index contributed by atoms with van der Waals surface area (Å²) >= 11 is 0. The Morgan fingerprint density at radius 2 is 2.00 bits per heavy atom. The molecule has 0 saturated heterocycles. The molecule has 0 heterocycles. The lowest BCUT2D eigenvalue weighted by molar-refractivity contribution is 0.247. The molecule has 1 rings (SSSR count). The SMILES string of the molecule is OCCCCOc1cc(CO)ccc1F. The van der Waals surface area contributed by atoms with Gasteiger partial charge in [0.15, 0.2) is 11.6 Å². The Hall–Kier alpha value is -1.13. The number of hydrogen-bond acceptors (Lipinski definition) is 3. The molecule has 4 heteroatoms. The molecule has 3 nitrogen and oxygen atoms in total. The van der Waals surface area contributed by atoms with E-state index < -0.39 is 5.82 Å². The molecule has 0 aliphatic carbocycles. The smallest absolute Gasteiger partial charge is 0.165 e. The van der Waals surface area contributed by atoms with Crippen LogP contribution in [0, 0.1) is 5.82 Å². The van der Waals surface area contributed by atoms with Gasteiger partial charge >= 0.3 is 0 Å².